The number of halogens is 1. The molecule has 1 unspecified atom stereocenters. The van der Waals surface area contributed by atoms with Crippen LogP contribution in [0.5, 0.6) is 0 Å². The van der Waals surface area contributed by atoms with Crippen LogP contribution in [0.4, 0.5) is 10.1 Å². The maximum absolute atomic E-state index is 14.3. The Kier molecular flexibility index (Phi) is 5.54. The summed E-state index contributed by atoms with van der Waals surface area (Å²) in [7, 11) is 0. The third-order valence-electron chi connectivity index (χ3n) is 6.10. The molecule has 1 aromatic heterocycles. The second kappa shape index (κ2) is 8.13. The molecule has 1 fully saturated rings. The van der Waals surface area contributed by atoms with Crippen LogP contribution in [0.25, 0.3) is 16.6 Å². The summed E-state index contributed by atoms with van der Waals surface area (Å²) in [6, 6.07) is 13.8. The minimum atomic E-state index is -0.192. The Bertz CT molecular complexity index is 1070. The van der Waals surface area contributed by atoms with Crippen LogP contribution in [-0.4, -0.2) is 41.1 Å². The monoisotopic (exact) mass is 407 g/mol. The molecule has 0 N–H and O–H groups in total. The first kappa shape index (κ1) is 20.5. The molecule has 1 aliphatic heterocycles. The van der Waals surface area contributed by atoms with Crippen molar-refractivity contribution in [3.63, 3.8) is 0 Å². The van der Waals surface area contributed by atoms with Gasteiger partial charge in [-0.05, 0) is 55.2 Å². The topological polar surface area (TPSA) is 28.5 Å². The van der Waals surface area contributed by atoms with Crippen molar-refractivity contribution in [3.05, 3.63) is 60.0 Å². The number of carbonyl (C=O) groups excluding carboxylic acids is 1. The summed E-state index contributed by atoms with van der Waals surface area (Å²) in [5.41, 5.74) is 4.12. The van der Waals surface area contributed by atoms with Crippen molar-refractivity contribution in [3.8, 4) is 5.69 Å². The molecule has 3 aromatic rings. The van der Waals surface area contributed by atoms with Crippen LogP contribution < -0.4 is 4.90 Å². The highest BCUT2D eigenvalue weighted by molar-refractivity contribution is 5.85. The van der Waals surface area contributed by atoms with E-state index in [1.54, 1.807) is 6.92 Å². The quantitative estimate of drug-likeness (QED) is 0.598. The van der Waals surface area contributed by atoms with Crippen molar-refractivity contribution in [1.29, 1.82) is 0 Å². The third kappa shape index (κ3) is 3.81. The largest absolute Gasteiger partial charge is 0.368 e. The average Bonchev–Trinajstić information content (AvgIpc) is 3.17. The highest BCUT2D eigenvalue weighted by Crippen LogP contribution is 2.29. The lowest BCUT2D eigenvalue weighted by atomic mass is 9.99. The molecular weight excluding hydrogens is 377 g/mol. The van der Waals surface area contributed by atoms with Crippen molar-refractivity contribution in [2.24, 2.45) is 5.92 Å². The molecule has 0 radical (unpaired) electrons. The van der Waals surface area contributed by atoms with Crippen molar-refractivity contribution >= 4 is 22.5 Å². The Morgan fingerprint density at radius 2 is 1.90 bits per heavy atom. The molecule has 30 heavy (non-hydrogen) atoms. The minimum Gasteiger partial charge on any atom is -0.368 e. The number of anilines is 1. The van der Waals surface area contributed by atoms with Gasteiger partial charge in [-0.15, -0.1) is 0 Å². The molecule has 2 heterocycles. The molecule has 0 aliphatic carbocycles. The van der Waals surface area contributed by atoms with Crippen LogP contribution in [0, 0.1) is 18.7 Å². The molecule has 1 aliphatic rings. The molecule has 1 saturated heterocycles. The average molecular weight is 408 g/mol. The Morgan fingerprint density at radius 1 is 1.13 bits per heavy atom. The number of hydrogen-bond donors (Lipinski definition) is 0. The number of carbonyl (C=O) groups is 1. The molecule has 4 rings (SSSR count). The van der Waals surface area contributed by atoms with Gasteiger partial charge < -0.3 is 14.4 Å². The van der Waals surface area contributed by atoms with Gasteiger partial charge in [-0.1, -0.05) is 26.0 Å². The maximum Gasteiger partial charge on any atom is 0.219 e. The predicted molar refractivity (Wildman–Crippen MR) is 121 cm³/mol. The van der Waals surface area contributed by atoms with Crippen molar-refractivity contribution in [2.45, 2.75) is 40.2 Å². The number of nitrogens with zero attached hydrogens (tertiary/aromatic N) is 3. The number of benzene rings is 2. The normalized spacial score (nSPS) is 17.2. The van der Waals surface area contributed by atoms with E-state index in [-0.39, 0.29) is 17.8 Å². The van der Waals surface area contributed by atoms with Crippen LogP contribution in [-0.2, 0) is 4.79 Å². The summed E-state index contributed by atoms with van der Waals surface area (Å²) in [5.74, 6) is 0.500. The minimum absolute atomic E-state index is 0.158. The van der Waals surface area contributed by atoms with E-state index < -0.39 is 0 Å². The van der Waals surface area contributed by atoms with Gasteiger partial charge in [0.15, 0.2) is 0 Å². The van der Waals surface area contributed by atoms with E-state index in [0.717, 1.165) is 48.5 Å². The number of aromatic nitrogens is 1. The zero-order valence-electron chi connectivity index (χ0n) is 18.2. The first-order chi connectivity index (χ1) is 14.3. The molecule has 0 saturated carbocycles. The van der Waals surface area contributed by atoms with Gasteiger partial charge in [0.2, 0.25) is 5.91 Å². The van der Waals surface area contributed by atoms with E-state index in [2.05, 4.69) is 47.6 Å². The zero-order chi connectivity index (χ0) is 21.4. The van der Waals surface area contributed by atoms with Gasteiger partial charge in [-0.25, -0.2) is 4.39 Å². The van der Waals surface area contributed by atoms with E-state index in [9.17, 15) is 9.18 Å². The van der Waals surface area contributed by atoms with Crippen molar-refractivity contribution in [1.82, 2.24) is 9.47 Å². The number of amides is 1. The van der Waals surface area contributed by atoms with Crippen LogP contribution in [0.15, 0.2) is 48.7 Å². The molecule has 5 heteroatoms. The van der Waals surface area contributed by atoms with Crippen LogP contribution >= 0.6 is 0 Å². The summed E-state index contributed by atoms with van der Waals surface area (Å²) in [5, 5.41) is 0.646. The highest BCUT2D eigenvalue weighted by atomic mass is 19.1. The molecule has 0 bridgehead atoms. The van der Waals surface area contributed by atoms with E-state index in [0.29, 0.717) is 11.3 Å². The van der Waals surface area contributed by atoms with Gasteiger partial charge in [-0.3, -0.25) is 4.79 Å². The second-order valence-electron chi connectivity index (χ2n) is 8.77. The third-order valence-corrected chi connectivity index (χ3v) is 6.10. The zero-order valence-corrected chi connectivity index (χ0v) is 18.2. The Morgan fingerprint density at radius 3 is 2.63 bits per heavy atom. The number of hydrogen-bond acceptors (Lipinski definition) is 2. The molecule has 158 valence electrons. The number of piperazine rings is 1. The van der Waals surface area contributed by atoms with Crippen LogP contribution in [0.3, 0.4) is 0 Å². The lowest BCUT2D eigenvalue weighted by Crippen LogP contribution is -2.55. The van der Waals surface area contributed by atoms with Gasteiger partial charge in [0.25, 0.3) is 0 Å². The first-order valence-electron chi connectivity index (χ1n) is 10.7. The molecule has 0 spiro atoms. The number of aryl methyl sites for hydroxylation is 1. The van der Waals surface area contributed by atoms with Gasteiger partial charge in [0.1, 0.15) is 5.82 Å². The second-order valence-corrected chi connectivity index (χ2v) is 8.77. The summed E-state index contributed by atoms with van der Waals surface area (Å²) >= 11 is 0. The lowest BCUT2D eigenvalue weighted by Gasteiger charge is -2.43. The maximum atomic E-state index is 14.3. The molecule has 1 atom stereocenters. The SMILES string of the molecule is CC(=O)N1CCN(c2cccc(-n3ccc4c(F)ccc(C)c43)c2)CC1CC(C)C. The van der Waals surface area contributed by atoms with Crippen LogP contribution in [0.2, 0.25) is 0 Å². The van der Waals surface area contributed by atoms with Crippen molar-refractivity contribution in [2.75, 3.05) is 24.5 Å². The fourth-order valence-corrected chi connectivity index (χ4v) is 4.70. The molecule has 2 aromatic carbocycles. The summed E-state index contributed by atoms with van der Waals surface area (Å²) in [6.45, 7) is 10.5. The summed E-state index contributed by atoms with van der Waals surface area (Å²) in [4.78, 5) is 16.5. The predicted octanol–water partition coefficient (Wildman–Crippen LogP) is 5.16. The van der Waals surface area contributed by atoms with Gasteiger partial charge in [0.05, 0.1) is 5.52 Å². The standard InChI is InChI=1S/C25H30FN3O/c1-17(2)14-22-16-27(12-13-28(22)19(4)30)20-6-5-7-21(15-20)29-11-10-23-24(26)9-8-18(3)25(23)29/h5-11,15,17,22H,12-14,16H2,1-4H3. The lowest BCUT2D eigenvalue weighted by molar-refractivity contribution is -0.131. The van der Waals surface area contributed by atoms with Gasteiger partial charge >= 0.3 is 0 Å². The fourth-order valence-electron chi connectivity index (χ4n) is 4.70. The van der Waals surface area contributed by atoms with Gasteiger partial charge in [-0.2, -0.15) is 0 Å². The summed E-state index contributed by atoms with van der Waals surface area (Å²) < 4.78 is 16.3. The Balaban J connectivity index is 1.66. The number of fused-ring (bicyclic) bond motifs is 1. The first-order valence-corrected chi connectivity index (χ1v) is 10.7. The Hall–Kier alpha value is -2.82. The highest BCUT2D eigenvalue weighted by Gasteiger charge is 2.29. The Labute approximate surface area is 177 Å². The molecule has 4 nitrogen and oxygen atoms in total. The fraction of sp³-hybridized carbons (Fsp3) is 0.400. The van der Waals surface area contributed by atoms with E-state index >= 15 is 0 Å². The summed E-state index contributed by atoms with van der Waals surface area (Å²) in [6.07, 6.45) is 2.94. The van der Waals surface area contributed by atoms with Crippen molar-refractivity contribution < 1.29 is 9.18 Å². The number of rotatable bonds is 4. The molecular formula is C25H30FN3O. The molecule has 1 amide bonds. The van der Waals surface area contributed by atoms with E-state index in [1.807, 2.05) is 30.2 Å². The van der Waals surface area contributed by atoms with E-state index in [1.165, 1.54) is 6.07 Å². The van der Waals surface area contributed by atoms with Crippen LogP contribution in [0.1, 0.15) is 32.8 Å². The van der Waals surface area contributed by atoms with Gasteiger partial charge in [0, 0.05) is 55.6 Å². The van der Waals surface area contributed by atoms with E-state index in [4.69, 9.17) is 0 Å². The smallest absolute Gasteiger partial charge is 0.219 e.